The molecule has 0 aliphatic rings. The topological polar surface area (TPSA) is 67.4 Å². The van der Waals surface area contributed by atoms with Crippen molar-refractivity contribution in [3.63, 3.8) is 0 Å². The van der Waals surface area contributed by atoms with Crippen molar-refractivity contribution in [3.8, 4) is 5.75 Å². The molecule has 0 radical (unpaired) electrons. The number of halogens is 2. The lowest BCUT2D eigenvalue weighted by Gasteiger charge is -2.10. The van der Waals surface area contributed by atoms with Gasteiger partial charge in [0.25, 0.3) is 5.91 Å². The van der Waals surface area contributed by atoms with Gasteiger partial charge in [-0.25, -0.2) is 0 Å². The maximum atomic E-state index is 12.0. The van der Waals surface area contributed by atoms with Gasteiger partial charge < -0.3 is 15.4 Å². The molecule has 0 bridgehead atoms. The van der Waals surface area contributed by atoms with Crippen LogP contribution in [0.1, 0.15) is 37.0 Å². The number of carbonyl (C=O) groups excluding carboxylic acids is 2. The molecule has 0 saturated heterocycles. The number of benzene rings is 2. The summed E-state index contributed by atoms with van der Waals surface area (Å²) in [6.45, 7) is 5.06. The molecule has 0 aromatic heterocycles. The lowest BCUT2D eigenvalue weighted by Crippen LogP contribution is -2.27. The highest BCUT2D eigenvalue weighted by Crippen LogP contribution is 2.27. The van der Waals surface area contributed by atoms with Gasteiger partial charge in [0.05, 0.1) is 11.6 Å². The molecule has 0 saturated carbocycles. The Bertz CT molecular complexity index is 808. The number of rotatable bonds is 9. The molecule has 0 aliphatic carbocycles. The molecule has 7 heteroatoms. The molecule has 0 atom stereocenters. The van der Waals surface area contributed by atoms with Crippen LogP contribution in [0.15, 0.2) is 42.5 Å². The fourth-order valence-electron chi connectivity index (χ4n) is 2.33. The Labute approximate surface area is 175 Å². The second-order valence-corrected chi connectivity index (χ2v) is 7.60. The van der Waals surface area contributed by atoms with E-state index in [1.54, 1.807) is 42.5 Å². The molecule has 2 rings (SSSR count). The highest BCUT2D eigenvalue weighted by Gasteiger charge is 2.08. The summed E-state index contributed by atoms with van der Waals surface area (Å²) in [6.07, 6.45) is 0.850. The standard InChI is InChI=1S/C21H24Cl2N2O3/c1-14(2)13-24-21(27)15-5-8-17(9-6-15)25-20(26)4-3-11-28-19-10-7-16(22)12-18(19)23/h5-10,12,14H,3-4,11,13H2,1-2H3,(H,24,27)(H,25,26). The Morgan fingerprint density at radius 1 is 1.07 bits per heavy atom. The van der Waals surface area contributed by atoms with Gasteiger partial charge in [0, 0.05) is 29.2 Å². The van der Waals surface area contributed by atoms with E-state index >= 15 is 0 Å². The van der Waals surface area contributed by atoms with Crippen LogP contribution in [0.4, 0.5) is 5.69 Å². The van der Waals surface area contributed by atoms with E-state index in [-0.39, 0.29) is 11.8 Å². The molecular weight excluding hydrogens is 399 g/mol. The predicted molar refractivity (Wildman–Crippen MR) is 113 cm³/mol. The largest absolute Gasteiger partial charge is 0.492 e. The molecule has 2 amide bonds. The van der Waals surface area contributed by atoms with E-state index in [4.69, 9.17) is 27.9 Å². The second-order valence-electron chi connectivity index (χ2n) is 6.76. The number of amides is 2. The van der Waals surface area contributed by atoms with E-state index in [2.05, 4.69) is 10.6 Å². The Kier molecular flexibility index (Phi) is 8.61. The van der Waals surface area contributed by atoms with Crippen LogP contribution >= 0.6 is 23.2 Å². The SMILES string of the molecule is CC(C)CNC(=O)c1ccc(NC(=O)CCCOc2ccc(Cl)cc2Cl)cc1. The van der Waals surface area contributed by atoms with Crippen LogP contribution in [0.2, 0.25) is 10.0 Å². The van der Waals surface area contributed by atoms with Crippen LogP contribution in [0.25, 0.3) is 0 Å². The molecule has 5 nitrogen and oxygen atoms in total. The van der Waals surface area contributed by atoms with E-state index in [9.17, 15) is 9.59 Å². The first-order chi connectivity index (χ1) is 13.3. The van der Waals surface area contributed by atoms with Crippen molar-refractivity contribution in [2.75, 3.05) is 18.5 Å². The summed E-state index contributed by atoms with van der Waals surface area (Å²) in [5, 5.41) is 6.64. The summed E-state index contributed by atoms with van der Waals surface area (Å²) in [6, 6.07) is 11.8. The van der Waals surface area contributed by atoms with Gasteiger partial charge >= 0.3 is 0 Å². The molecule has 2 aromatic rings. The minimum absolute atomic E-state index is 0.121. The van der Waals surface area contributed by atoms with E-state index in [0.717, 1.165) is 0 Å². The van der Waals surface area contributed by atoms with Crippen LogP contribution < -0.4 is 15.4 Å². The lowest BCUT2D eigenvalue weighted by atomic mass is 10.1. The lowest BCUT2D eigenvalue weighted by molar-refractivity contribution is -0.116. The number of hydrogen-bond acceptors (Lipinski definition) is 3. The number of carbonyl (C=O) groups is 2. The van der Waals surface area contributed by atoms with Crippen LogP contribution in [0.3, 0.4) is 0 Å². The van der Waals surface area contributed by atoms with Crippen molar-refractivity contribution >= 4 is 40.7 Å². The molecule has 0 aliphatic heterocycles. The fourth-order valence-corrected chi connectivity index (χ4v) is 2.80. The van der Waals surface area contributed by atoms with E-state index < -0.39 is 0 Å². The first kappa shape index (κ1) is 22.1. The third kappa shape index (κ3) is 7.41. The summed E-state index contributed by atoms with van der Waals surface area (Å²) in [4.78, 5) is 24.0. The molecule has 2 N–H and O–H groups in total. The molecule has 2 aromatic carbocycles. The molecule has 0 heterocycles. The number of hydrogen-bond donors (Lipinski definition) is 2. The Balaban J connectivity index is 1.73. The molecule has 0 fully saturated rings. The summed E-state index contributed by atoms with van der Waals surface area (Å²) in [5.41, 5.74) is 1.21. The van der Waals surface area contributed by atoms with Gasteiger partial charge in [0.2, 0.25) is 5.91 Å². The quantitative estimate of drug-likeness (QED) is 0.547. The second kappa shape index (κ2) is 10.9. The zero-order chi connectivity index (χ0) is 20.5. The van der Waals surface area contributed by atoms with Crippen LogP contribution in [0, 0.1) is 5.92 Å². The van der Waals surface area contributed by atoms with Crippen molar-refractivity contribution in [1.29, 1.82) is 0 Å². The predicted octanol–water partition coefficient (Wildman–Crippen LogP) is 5.18. The van der Waals surface area contributed by atoms with Gasteiger partial charge in [0.15, 0.2) is 0 Å². The van der Waals surface area contributed by atoms with Gasteiger partial charge in [-0.1, -0.05) is 37.0 Å². The minimum Gasteiger partial charge on any atom is -0.492 e. The fraction of sp³-hybridized carbons (Fsp3) is 0.333. The Morgan fingerprint density at radius 2 is 1.79 bits per heavy atom. The Hall–Kier alpha value is -2.24. The van der Waals surface area contributed by atoms with Crippen LogP contribution in [-0.4, -0.2) is 25.0 Å². The number of ether oxygens (including phenoxy) is 1. The van der Waals surface area contributed by atoms with Crippen molar-refractivity contribution in [3.05, 3.63) is 58.1 Å². The van der Waals surface area contributed by atoms with E-state index in [0.29, 0.717) is 59.0 Å². The van der Waals surface area contributed by atoms with Gasteiger partial charge in [-0.3, -0.25) is 9.59 Å². The van der Waals surface area contributed by atoms with E-state index in [1.807, 2.05) is 13.8 Å². The summed E-state index contributed by atoms with van der Waals surface area (Å²) < 4.78 is 5.56. The molecule has 0 spiro atoms. The van der Waals surface area contributed by atoms with Gasteiger partial charge in [0.1, 0.15) is 5.75 Å². The summed E-state index contributed by atoms with van der Waals surface area (Å²) in [7, 11) is 0. The molecule has 28 heavy (non-hydrogen) atoms. The monoisotopic (exact) mass is 422 g/mol. The normalized spacial score (nSPS) is 10.6. The van der Waals surface area contributed by atoms with Gasteiger partial charge in [-0.2, -0.15) is 0 Å². The minimum atomic E-state index is -0.122. The number of nitrogens with one attached hydrogen (secondary N) is 2. The van der Waals surface area contributed by atoms with Crippen molar-refractivity contribution in [2.24, 2.45) is 5.92 Å². The highest BCUT2D eigenvalue weighted by molar-refractivity contribution is 6.35. The zero-order valence-electron chi connectivity index (χ0n) is 15.9. The van der Waals surface area contributed by atoms with E-state index in [1.165, 1.54) is 0 Å². The average molecular weight is 423 g/mol. The van der Waals surface area contributed by atoms with Crippen LogP contribution in [-0.2, 0) is 4.79 Å². The maximum absolute atomic E-state index is 12.0. The molecule has 0 unspecified atom stereocenters. The summed E-state index contributed by atoms with van der Waals surface area (Å²) >= 11 is 11.9. The van der Waals surface area contributed by atoms with Crippen molar-refractivity contribution in [2.45, 2.75) is 26.7 Å². The van der Waals surface area contributed by atoms with Gasteiger partial charge in [-0.05, 0) is 54.8 Å². The highest BCUT2D eigenvalue weighted by atomic mass is 35.5. The van der Waals surface area contributed by atoms with Crippen molar-refractivity contribution < 1.29 is 14.3 Å². The first-order valence-corrected chi connectivity index (χ1v) is 9.86. The van der Waals surface area contributed by atoms with Crippen LogP contribution in [0.5, 0.6) is 5.75 Å². The van der Waals surface area contributed by atoms with Gasteiger partial charge in [-0.15, -0.1) is 0 Å². The summed E-state index contributed by atoms with van der Waals surface area (Å²) in [5.74, 6) is 0.687. The number of anilines is 1. The Morgan fingerprint density at radius 3 is 2.43 bits per heavy atom. The molecular formula is C21H24Cl2N2O3. The third-order valence-electron chi connectivity index (χ3n) is 3.80. The average Bonchev–Trinajstić information content (AvgIpc) is 2.65. The third-order valence-corrected chi connectivity index (χ3v) is 4.33. The smallest absolute Gasteiger partial charge is 0.251 e. The van der Waals surface area contributed by atoms with Crippen molar-refractivity contribution in [1.82, 2.24) is 5.32 Å². The zero-order valence-corrected chi connectivity index (χ0v) is 17.4. The maximum Gasteiger partial charge on any atom is 0.251 e. The molecule has 150 valence electrons. The first-order valence-electron chi connectivity index (χ1n) is 9.11.